The maximum atomic E-state index is 11.9. The van der Waals surface area contributed by atoms with E-state index in [2.05, 4.69) is 60.7 Å². The van der Waals surface area contributed by atoms with Gasteiger partial charge in [0.15, 0.2) is 0 Å². The Kier molecular flexibility index (Phi) is 6.66. The van der Waals surface area contributed by atoms with Crippen molar-refractivity contribution in [2.75, 3.05) is 13.2 Å². The van der Waals surface area contributed by atoms with E-state index >= 15 is 0 Å². The zero-order valence-electron chi connectivity index (χ0n) is 18.4. The summed E-state index contributed by atoms with van der Waals surface area (Å²) >= 11 is 0. The molecule has 4 aromatic carbocycles. The second-order valence-electron chi connectivity index (χ2n) is 7.77. The molecule has 32 heavy (non-hydrogen) atoms. The fourth-order valence-corrected chi connectivity index (χ4v) is 3.62. The van der Waals surface area contributed by atoms with Gasteiger partial charge in [0.1, 0.15) is 13.2 Å². The Balaban J connectivity index is 1.28. The fourth-order valence-electron chi connectivity index (χ4n) is 3.62. The Morgan fingerprint density at radius 1 is 0.625 bits per heavy atom. The quantitative estimate of drug-likeness (QED) is 0.299. The van der Waals surface area contributed by atoms with Crippen LogP contribution in [0.5, 0.6) is 0 Å². The monoisotopic (exact) mass is 422 g/mol. The highest BCUT2D eigenvalue weighted by Crippen LogP contribution is 2.22. The summed E-state index contributed by atoms with van der Waals surface area (Å²) in [6.07, 6.45) is 3.11. The summed E-state index contributed by atoms with van der Waals surface area (Å²) in [6.45, 7) is 4.36. The minimum absolute atomic E-state index is 0.171. The third-order valence-corrected chi connectivity index (χ3v) is 5.59. The average Bonchev–Trinajstić information content (AvgIpc) is 2.83. The molecule has 0 heterocycles. The van der Waals surface area contributed by atoms with Crippen LogP contribution in [0.2, 0.25) is 0 Å². The normalized spacial score (nSPS) is 12.2. The van der Waals surface area contributed by atoms with Crippen LogP contribution in [0.1, 0.15) is 25.0 Å². The Hall–Kier alpha value is -3.85. The van der Waals surface area contributed by atoms with Crippen molar-refractivity contribution >= 4 is 38.8 Å². The molecule has 4 aromatic rings. The van der Waals surface area contributed by atoms with Crippen molar-refractivity contribution in [3.05, 3.63) is 108 Å². The van der Waals surface area contributed by atoms with Crippen LogP contribution in [-0.2, 0) is 9.47 Å². The number of hydrogen-bond donors (Lipinski definition) is 0. The fraction of sp³-hybridized carbons (Fsp3) is 0.138. The van der Waals surface area contributed by atoms with E-state index < -0.39 is 6.16 Å². The number of allylic oxidation sites excluding steroid dienone is 2. The molecule has 3 nitrogen and oxygen atoms in total. The molecule has 0 aliphatic rings. The topological polar surface area (TPSA) is 35.5 Å². The van der Waals surface area contributed by atoms with Crippen molar-refractivity contribution in [1.29, 1.82) is 0 Å². The van der Waals surface area contributed by atoms with Crippen molar-refractivity contribution in [2.24, 2.45) is 0 Å². The van der Waals surface area contributed by atoms with E-state index in [-0.39, 0.29) is 13.2 Å². The van der Waals surface area contributed by atoms with Gasteiger partial charge in [0.25, 0.3) is 0 Å². The van der Waals surface area contributed by atoms with Gasteiger partial charge in [-0.2, -0.15) is 0 Å². The third-order valence-electron chi connectivity index (χ3n) is 5.59. The molecule has 0 aliphatic carbocycles. The van der Waals surface area contributed by atoms with E-state index in [9.17, 15) is 4.79 Å². The lowest BCUT2D eigenvalue weighted by Crippen LogP contribution is -2.07. The lowest BCUT2D eigenvalue weighted by Gasteiger charge is -2.07. The molecule has 0 bridgehead atoms. The highest BCUT2D eigenvalue weighted by Gasteiger charge is 2.04. The maximum Gasteiger partial charge on any atom is 0.508 e. The first-order valence-electron chi connectivity index (χ1n) is 10.7. The smallest absolute Gasteiger partial charge is 0.430 e. The number of fused-ring (bicyclic) bond motifs is 2. The maximum absolute atomic E-state index is 11.9. The van der Waals surface area contributed by atoms with Gasteiger partial charge in [0, 0.05) is 0 Å². The van der Waals surface area contributed by atoms with Crippen molar-refractivity contribution in [2.45, 2.75) is 13.8 Å². The second kappa shape index (κ2) is 9.97. The van der Waals surface area contributed by atoms with Crippen LogP contribution in [0.3, 0.4) is 0 Å². The molecule has 0 saturated carbocycles. The SMILES string of the molecule is C/C(=C/COC(=O)OC/C=C(/C)c1ccc2ccccc2c1)c1ccc2ccccc2c1. The molecule has 0 aromatic heterocycles. The summed E-state index contributed by atoms with van der Waals surface area (Å²) < 4.78 is 10.4. The van der Waals surface area contributed by atoms with Gasteiger partial charge in [-0.1, -0.05) is 72.8 Å². The third kappa shape index (κ3) is 5.25. The Morgan fingerprint density at radius 2 is 1.03 bits per heavy atom. The molecular weight excluding hydrogens is 396 g/mol. The molecule has 0 atom stereocenters. The molecular formula is C29H26O3. The van der Waals surface area contributed by atoms with Crippen molar-refractivity contribution < 1.29 is 14.3 Å². The van der Waals surface area contributed by atoms with E-state index in [0.717, 1.165) is 22.3 Å². The van der Waals surface area contributed by atoms with Gasteiger partial charge in [0.05, 0.1) is 0 Å². The molecule has 0 amide bonds. The first-order valence-corrected chi connectivity index (χ1v) is 10.7. The molecule has 0 aliphatic heterocycles. The van der Waals surface area contributed by atoms with Gasteiger partial charge >= 0.3 is 6.16 Å². The summed E-state index contributed by atoms with van der Waals surface area (Å²) in [5.74, 6) is 0. The molecule has 0 radical (unpaired) electrons. The van der Waals surface area contributed by atoms with Gasteiger partial charge in [-0.05, 0) is 82.0 Å². The van der Waals surface area contributed by atoms with Gasteiger partial charge in [-0.15, -0.1) is 0 Å². The lowest BCUT2D eigenvalue weighted by molar-refractivity contribution is 0.0719. The predicted molar refractivity (Wildman–Crippen MR) is 132 cm³/mol. The second-order valence-corrected chi connectivity index (χ2v) is 7.77. The number of rotatable bonds is 6. The Labute approximate surface area is 188 Å². The number of ether oxygens (including phenoxy) is 2. The van der Waals surface area contributed by atoms with Crippen LogP contribution in [0.25, 0.3) is 32.7 Å². The molecule has 0 N–H and O–H groups in total. The Morgan fingerprint density at radius 3 is 1.47 bits per heavy atom. The van der Waals surface area contributed by atoms with Crippen LogP contribution >= 0.6 is 0 Å². The van der Waals surface area contributed by atoms with Crippen molar-refractivity contribution in [1.82, 2.24) is 0 Å². The molecule has 0 spiro atoms. The molecule has 4 rings (SSSR count). The van der Waals surface area contributed by atoms with Gasteiger partial charge in [-0.25, -0.2) is 4.79 Å². The standard InChI is InChI=1S/C29H26O3/c1-21(25-13-11-23-7-3-5-9-27(23)19-25)15-17-31-29(30)32-18-16-22(2)26-14-12-24-8-4-6-10-28(24)20-26/h3-16,19-20H,17-18H2,1-2H3/b21-15-,22-16-. The van der Waals surface area contributed by atoms with Crippen LogP contribution in [-0.4, -0.2) is 19.4 Å². The van der Waals surface area contributed by atoms with Crippen LogP contribution in [0, 0.1) is 0 Å². The Bertz CT molecular complexity index is 1210. The van der Waals surface area contributed by atoms with Crippen molar-refractivity contribution in [3.63, 3.8) is 0 Å². The number of carbonyl (C=O) groups excluding carboxylic acids is 1. The highest BCUT2D eigenvalue weighted by atomic mass is 16.7. The lowest BCUT2D eigenvalue weighted by atomic mass is 10.0. The van der Waals surface area contributed by atoms with E-state index in [1.165, 1.54) is 21.5 Å². The molecule has 0 fully saturated rings. The first-order chi connectivity index (χ1) is 15.6. The van der Waals surface area contributed by atoms with Gasteiger partial charge < -0.3 is 9.47 Å². The zero-order chi connectivity index (χ0) is 22.3. The van der Waals surface area contributed by atoms with E-state index in [1.807, 2.05) is 50.3 Å². The van der Waals surface area contributed by atoms with E-state index in [4.69, 9.17) is 9.47 Å². The molecule has 160 valence electrons. The predicted octanol–water partition coefficient (Wildman–Crippen LogP) is 7.65. The van der Waals surface area contributed by atoms with E-state index in [1.54, 1.807) is 0 Å². The van der Waals surface area contributed by atoms with Gasteiger partial charge in [0.2, 0.25) is 0 Å². The summed E-state index contributed by atoms with van der Waals surface area (Å²) in [5.41, 5.74) is 4.32. The van der Waals surface area contributed by atoms with Crippen molar-refractivity contribution in [3.8, 4) is 0 Å². The molecule has 3 heteroatoms. The summed E-state index contributed by atoms with van der Waals surface area (Å²) in [4.78, 5) is 11.9. The number of hydrogen-bond acceptors (Lipinski definition) is 3. The van der Waals surface area contributed by atoms with Crippen LogP contribution < -0.4 is 0 Å². The summed E-state index contributed by atoms with van der Waals surface area (Å²) in [5, 5.41) is 4.78. The average molecular weight is 423 g/mol. The molecule has 0 unspecified atom stereocenters. The minimum atomic E-state index is -0.671. The van der Waals surface area contributed by atoms with Gasteiger partial charge in [-0.3, -0.25) is 0 Å². The number of benzene rings is 4. The zero-order valence-corrected chi connectivity index (χ0v) is 18.4. The first kappa shape index (κ1) is 21.4. The largest absolute Gasteiger partial charge is 0.508 e. The molecule has 0 saturated heterocycles. The summed E-state index contributed by atoms with van der Waals surface area (Å²) in [7, 11) is 0. The van der Waals surface area contributed by atoms with E-state index in [0.29, 0.717) is 0 Å². The van der Waals surface area contributed by atoms with Crippen LogP contribution in [0.4, 0.5) is 4.79 Å². The summed E-state index contributed by atoms with van der Waals surface area (Å²) in [6, 6.07) is 29.1. The highest BCUT2D eigenvalue weighted by molar-refractivity contribution is 5.87. The van der Waals surface area contributed by atoms with Crippen LogP contribution in [0.15, 0.2) is 97.1 Å². The number of carbonyl (C=O) groups is 1. The minimum Gasteiger partial charge on any atom is -0.430 e.